The molecule has 2 aromatic rings. The van der Waals surface area contributed by atoms with Gasteiger partial charge in [0.2, 0.25) is 5.91 Å². The summed E-state index contributed by atoms with van der Waals surface area (Å²) < 4.78 is 5.48. The average Bonchev–Trinajstić information content (AvgIpc) is 3.15. The topological polar surface area (TPSA) is 33.5 Å². The Hall–Kier alpha value is -1.46. The molecule has 0 aliphatic carbocycles. The van der Waals surface area contributed by atoms with Crippen molar-refractivity contribution >= 4 is 35.1 Å². The SMILES string of the molecule is O=C(/C=C/c1cccs1)N1CCS[C@@H](c2ccco2)CC1. The fourth-order valence-corrected chi connectivity index (χ4v) is 4.14. The van der Waals surface area contributed by atoms with E-state index in [-0.39, 0.29) is 5.91 Å². The Morgan fingerprint density at radius 3 is 3.05 bits per heavy atom. The number of hydrogen-bond acceptors (Lipinski definition) is 4. The van der Waals surface area contributed by atoms with Crippen molar-refractivity contribution in [1.82, 2.24) is 4.90 Å². The molecule has 3 heterocycles. The Bertz CT molecular complexity index is 590. The highest BCUT2D eigenvalue weighted by atomic mass is 32.2. The average molecular weight is 319 g/mol. The molecule has 1 saturated heterocycles. The summed E-state index contributed by atoms with van der Waals surface area (Å²) in [7, 11) is 0. The van der Waals surface area contributed by atoms with Crippen LogP contribution in [0.4, 0.5) is 0 Å². The van der Waals surface area contributed by atoms with Crippen LogP contribution in [0.5, 0.6) is 0 Å². The second-order valence-corrected chi connectivity index (χ2v) is 7.13. The molecule has 0 unspecified atom stereocenters. The van der Waals surface area contributed by atoms with E-state index in [9.17, 15) is 4.79 Å². The summed E-state index contributed by atoms with van der Waals surface area (Å²) >= 11 is 3.51. The molecule has 0 saturated carbocycles. The predicted molar refractivity (Wildman–Crippen MR) is 88.5 cm³/mol. The van der Waals surface area contributed by atoms with Crippen LogP contribution in [0.3, 0.4) is 0 Å². The molecular weight excluding hydrogens is 302 g/mol. The number of amides is 1. The van der Waals surface area contributed by atoms with Gasteiger partial charge < -0.3 is 9.32 Å². The number of furan rings is 1. The lowest BCUT2D eigenvalue weighted by molar-refractivity contribution is -0.125. The highest BCUT2D eigenvalue weighted by Crippen LogP contribution is 2.34. The van der Waals surface area contributed by atoms with Crippen LogP contribution in [-0.4, -0.2) is 29.6 Å². The first kappa shape index (κ1) is 14.5. The first-order valence-electron chi connectivity index (χ1n) is 6.98. The zero-order valence-corrected chi connectivity index (χ0v) is 13.2. The number of rotatable bonds is 3. The standard InChI is InChI=1S/C16H17NO2S2/c18-16(6-5-13-3-2-11-20-13)17-8-7-15(21-12-9-17)14-4-1-10-19-14/h1-6,10-11,15H,7-9,12H2/b6-5+/t15-/m1/s1. The number of hydrogen-bond donors (Lipinski definition) is 0. The van der Waals surface area contributed by atoms with Crippen molar-refractivity contribution in [2.45, 2.75) is 11.7 Å². The fourth-order valence-electron chi connectivity index (χ4n) is 2.34. The quantitative estimate of drug-likeness (QED) is 0.800. The van der Waals surface area contributed by atoms with Gasteiger partial charge in [-0.3, -0.25) is 4.79 Å². The van der Waals surface area contributed by atoms with Crippen LogP contribution in [0.25, 0.3) is 6.08 Å². The number of carbonyl (C=O) groups excluding carboxylic acids is 1. The van der Waals surface area contributed by atoms with Crippen LogP contribution in [0, 0.1) is 0 Å². The monoisotopic (exact) mass is 319 g/mol. The van der Waals surface area contributed by atoms with Gasteiger partial charge in [-0.15, -0.1) is 23.1 Å². The Labute approximate surface area is 132 Å². The molecule has 1 atom stereocenters. The van der Waals surface area contributed by atoms with E-state index in [0.717, 1.165) is 35.9 Å². The normalized spacial score (nSPS) is 19.8. The summed E-state index contributed by atoms with van der Waals surface area (Å²) in [6.45, 7) is 1.58. The molecule has 0 spiro atoms. The van der Waals surface area contributed by atoms with Gasteiger partial charge in [0.05, 0.1) is 11.5 Å². The van der Waals surface area contributed by atoms with Gasteiger partial charge in [0.15, 0.2) is 0 Å². The number of thioether (sulfide) groups is 1. The van der Waals surface area contributed by atoms with Gasteiger partial charge in [0.1, 0.15) is 5.76 Å². The second kappa shape index (κ2) is 7.00. The minimum Gasteiger partial charge on any atom is -0.468 e. The van der Waals surface area contributed by atoms with Crippen molar-refractivity contribution in [2.75, 3.05) is 18.8 Å². The van der Waals surface area contributed by atoms with Gasteiger partial charge in [0.25, 0.3) is 0 Å². The number of thiophene rings is 1. The summed E-state index contributed by atoms with van der Waals surface area (Å²) in [5.41, 5.74) is 0. The van der Waals surface area contributed by atoms with E-state index in [2.05, 4.69) is 0 Å². The van der Waals surface area contributed by atoms with E-state index < -0.39 is 0 Å². The minimum absolute atomic E-state index is 0.101. The van der Waals surface area contributed by atoms with Gasteiger partial charge in [-0.25, -0.2) is 0 Å². The first-order valence-corrected chi connectivity index (χ1v) is 8.91. The van der Waals surface area contributed by atoms with Crippen LogP contribution >= 0.6 is 23.1 Å². The summed E-state index contributed by atoms with van der Waals surface area (Å²) in [6.07, 6.45) is 6.24. The molecule has 3 rings (SSSR count). The summed E-state index contributed by atoms with van der Waals surface area (Å²) in [4.78, 5) is 15.3. The number of nitrogens with zero attached hydrogens (tertiary/aromatic N) is 1. The molecule has 0 bridgehead atoms. The second-order valence-electron chi connectivity index (χ2n) is 4.84. The third kappa shape index (κ3) is 3.80. The van der Waals surface area contributed by atoms with Crippen LogP contribution in [0.15, 0.2) is 46.4 Å². The summed E-state index contributed by atoms with van der Waals surface area (Å²) in [5, 5.41) is 2.37. The van der Waals surface area contributed by atoms with E-state index >= 15 is 0 Å². The molecular formula is C16H17NO2S2. The molecule has 110 valence electrons. The molecule has 0 N–H and O–H groups in total. The van der Waals surface area contributed by atoms with Crippen molar-refractivity contribution in [1.29, 1.82) is 0 Å². The first-order chi connectivity index (χ1) is 10.3. The molecule has 0 aromatic carbocycles. The van der Waals surface area contributed by atoms with E-state index in [4.69, 9.17) is 4.42 Å². The zero-order chi connectivity index (χ0) is 14.5. The molecule has 1 aliphatic rings. The maximum absolute atomic E-state index is 12.3. The van der Waals surface area contributed by atoms with Gasteiger partial charge in [-0.2, -0.15) is 0 Å². The Morgan fingerprint density at radius 2 is 2.29 bits per heavy atom. The molecule has 1 aliphatic heterocycles. The highest BCUT2D eigenvalue weighted by molar-refractivity contribution is 7.99. The van der Waals surface area contributed by atoms with Crippen LogP contribution in [0.1, 0.15) is 22.3 Å². The maximum Gasteiger partial charge on any atom is 0.246 e. The largest absolute Gasteiger partial charge is 0.468 e. The molecule has 5 heteroatoms. The maximum atomic E-state index is 12.3. The number of carbonyl (C=O) groups is 1. The predicted octanol–water partition coefficient (Wildman–Crippen LogP) is 4.06. The molecule has 0 radical (unpaired) electrons. The molecule has 2 aromatic heterocycles. The highest BCUT2D eigenvalue weighted by Gasteiger charge is 2.22. The van der Waals surface area contributed by atoms with Gasteiger partial charge in [0, 0.05) is 29.8 Å². The van der Waals surface area contributed by atoms with Crippen molar-refractivity contribution in [3.63, 3.8) is 0 Å². The van der Waals surface area contributed by atoms with Crippen LogP contribution in [0.2, 0.25) is 0 Å². The molecule has 1 fully saturated rings. The van der Waals surface area contributed by atoms with Crippen molar-refractivity contribution in [3.8, 4) is 0 Å². The Kier molecular flexibility index (Phi) is 4.83. The van der Waals surface area contributed by atoms with E-state index in [0.29, 0.717) is 5.25 Å². The van der Waals surface area contributed by atoms with Gasteiger partial charge >= 0.3 is 0 Å². The molecule has 3 nitrogen and oxygen atoms in total. The van der Waals surface area contributed by atoms with E-state index in [1.165, 1.54) is 0 Å². The fraction of sp³-hybridized carbons (Fsp3) is 0.312. The summed E-state index contributed by atoms with van der Waals surface area (Å²) in [6, 6.07) is 7.95. The van der Waals surface area contributed by atoms with Gasteiger partial charge in [-0.05, 0) is 36.1 Å². The Morgan fingerprint density at radius 1 is 1.33 bits per heavy atom. The van der Waals surface area contributed by atoms with Crippen molar-refractivity contribution < 1.29 is 9.21 Å². The lowest BCUT2D eigenvalue weighted by Gasteiger charge is -2.18. The third-order valence-corrected chi connectivity index (χ3v) is 5.57. The minimum atomic E-state index is 0.101. The smallest absolute Gasteiger partial charge is 0.246 e. The lowest BCUT2D eigenvalue weighted by atomic mass is 10.2. The van der Waals surface area contributed by atoms with Crippen molar-refractivity contribution in [2.24, 2.45) is 0 Å². The third-order valence-electron chi connectivity index (χ3n) is 3.45. The van der Waals surface area contributed by atoms with Crippen molar-refractivity contribution in [3.05, 3.63) is 52.6 Å². The lowest BCUT2D eigenvalue weighted by Crippen LogP contribution is -2.31. The molecule has 1 amide bonds. The Balaban J connectivity index is 1.58. The molecule has 21 heavy (non-hydrogen) atoms. The van der Waals surface area contributed by atoms with Gasteiger partial charge in [-0.1, -0.05) is 6.07 Å². The summed E-state index contributed by atoms with van der Waals surface area (Å²) in [5.74, 6) is 2.07. The van der Waals surface area contributed by atoms with Crippen LogP contribution in [-0.2, 0) is 4.79 Å². The van der Waals surface area contributed by atoms with E-state index in [1.54, 1.807) is 23.7 Å². The zero-order valence-electron chi connectivity index (χ0n) is 11.6. The van der Waals surface area contributed by atoms with E-state index in [1.807, 2.05) is 52.4 Å². The van der Waals surface area contributed by atoms with Crippen LogP contribution < -0.4 is 0 Å².